The summed E-state index contributed by atoms with van der Waals surface area (Å²) in [5.74, 6) is 0.108. The number of carboxylic acids is 1. The first-order valence-corrected chi connectivity index (χ1v) is 8.97. The van der Waals surface area contributed by atoms with Gasteiger partial charge in [-0.05, 0) is 55.7 Å². The number of carbonyl (C=O) groups is 2. The minimum Gasteiger partial charge on any atom is -0.496 e. The van der Waals surface area contributed by atoms with Crippen LogP contribution in [0.15, 0.2) is 36.4 Å². The molecule has 0 atom stereocenters. The maximum absolute atomic E-state index is 12.4. The summed E-state index contributed by atoms with van der Waals surface area (Å²) in [6.45, 7) is 4.12. The Morgan fingerprint density at radius 2 is 1.82 bits per heavy atom. The summed E-state index contributed by atoms with van der Waals surface area (Å²) in [6, 6.07) is 10.6. The molecule has 2 aromatic carbocycles. The van der Waals surface area contributed by atoms with Gasteiger partial charge in [0.1, 0.15) is 5.75 Å². The van der Waals surface area contributed by atoms with Gasteiger partial charge in [0.25, 0.3) is 5.91 Å². The van der Waals surface area contributed by atoms with Crippen molar-refractivity contribution in [1.29, 1.82) is 0 Å². The molecule has 0 bridgehead atoms. The zero-order chi connectivity index (χ0) is 20.5. The van der Waals surface area contributed by atoms with Crippen molar-refractivity contribution in [3.05, 3.63) is 53.1 Å². The van der Waals surface area contributed by atoms with Crippen molar-refractivity contribution in [2.24, 2.45) is 0 Å². The fourth-order valence-corrected chi connectivity index (χ4v) is 2.62. The molecule has 2 N–H and O–H groups in total. The lowest BCUT2D eigenvalue weighted by Crippen LogP contribution is -2.25. The fourth-order valence-electron chi connectivity index (χ4n) is 2.62. The summed E-state index contributed by atoms with van der Waals surface area (Å²) in [5, 5.41) is 11.6. The minimum atomic E-state index is -1.09. The molecule has 0 saturated heterocycles. The molecule has 2 aromatic rings. The molecular formula is C21H25NO6. The maximum atomic E-state index is 12.4. The van der Waals surface area contributed by atoms with E-state index in [1.807, 2.05) is 25.1 Å². The van der Waals surface area contributed by atoms with Gasteiger partial charge in [-0.25, -0.2) is 4.79 Å². The van der Waals surface area contributed by atoms with E-state index < -0.39 is 12.6 Å². The van der Waals surface area contributed by atoms with E-state index in [4.69, 9.17) is 19.3 Å². The summed E-state index contributed by atoms with van der Waals surface area (Å²) in [4.78, 5) is 23.1. The van der Waals surface area contributed by atoms with Gasteiger partial charge in [-0.15, -0.1) is 0 Å². The molecule has 0 unspecified atom stereocenters. The maximum Gasteiger partial charge on any atom is 0.341 e. The number of amides is 1. The van der Waals surface area contributed by atoms with Crippen LogP contribution in [0.1, 0.15) is 28.4 Å². The molecule has 1 amide bonds. The molecule has 150 valence electrons. The SMILES string of the molecule is CCOc1cc(C(=O)NCCc2ccc(C)c(OC)c2)ccc1OCC(=O)O. The number of hydrogen-bond donors (Lipinski definition) is 2. The highest BCUT2D eigenvalue weighted by Crippen LogP contribution is 2.28. The number of methoxy groups -OCH3 is 1. The normalized spacial score (nSPS) is 10.2. The topological polar surface area (TPSA) is 94.1 Å². The summed E-state index contributed by atoms with van der Waals surface area (Å²) in [6.07, 6.45) is 0.667. The second-order valence-electron chi connectivity index (χ2n) is 6.09. The first kappa shape index (κ1) is 21.1. The molecule has 0 radical (unpaired) electrons. The number of aliphatic carboxylic acids is 1. The number of ether oxygens (including phenoxy) is 3. The Balaban J connectivity index is 1.99. The monoisotopic (exact) mass is 387 g/mol. The van der Waals surface area contributed by atoms with E-state index in [0.717, 1.165) is 16.9 Å². The Bertz CT molecular complexity index is 834. The van der Waals surface area contributed by atoms with E-state index >= 15 is 0 Å². The van der Waals surface area contributed by atoms with Crippen LogP contribution in [0, 0.1) is 6.92 Å². The Labute approximate surface area is 164 Å². The first-order valence-electron chi connectivity index (χ1n) is 8.97. The van der Waals surface area contributed by atoms with Crippen molar-refractivity contribution in [2.45, 2.75) is 20.3 Å². The van der Waals surface area contributed by atoms with Gasteiger partial charge in [-0.2, -0.15) is 0 Å². The van der Waals surface area contributed by atoms with Gasteiger partial charge in [-0.1, -0.05) is 12.1 Å². The van der Waals surface area contributed by atoms with Crippen molar-refractivity contribution in [3.63, 3.8) is 0 Å². The van der Waals surface area contributed by atoms with Crippen LogP contribution in [0.2, 0.25) is 0 Å². The van der Waals surface area contributed by atoms with Crippen LogP contribution in [0.3, 0.4) is 0 Å². The number of carbonyl (C=O) groups excluding carboxylic acids is 1. The van der Waals surface area contributed by atoms with E-state index in [2.05, 4.69) is 5.32 Å². The minimum absolute atomic E-state index is 0.246. The van der Waals surface area contributed by atoms with Crippen molar-refractivity contribution in [2.75, 3.05) is 26.9 Å². The lowest BCUT2D eigenvalue weighted by molar-refractivity contribution is -0.139. The van der Waals surface area contributed by atoms with Crippen molar-refractivity contribution in [1.82, 2.24) is 5.32 Å². The van der Waals surface area contributed by atoms with Crippen LogP contribution >= 0.6 is 0 Å². The van der Waals surface area contributed by atoms with E-state index in [9.17, 15) is 9.59 Å². The number of hydrogen-bond acceptors (Lipinski definition) is 5. The number of rotatable bonds is 10. The smallest absolute Gasteiger partial charge is 0.341 e. The largest absolute Gasteiger partial charge is 0.496 e. The number of benzene rings is 2. The lowest BCUT2D eigenvalue weighted by atomic mass is 10.1. The Morgan fingerprint density at radius 1 is 1.04 bits per heavy atom. The third kappa shape index (κ3) is 5.90. The van der Waals surface area contributed by atoms with E-state index in [1.165, 1.54) is 6.07 Å². The number of nitrogens with one attached hydrogen (secondary N) is 1. The molecule has 0 saturated carbocycles. The predicted molar refractivity (Wildman–Crippen MR) is 105 cm³/mol. The van der Waals surface area contributed by atoms with Gasteiger partial charge in [0, 0.05) is 12.1 Å². The molecule has 0 aliphatic carbocycles. The highest BCUT2D eigenvalue weighted by Gasteiger charge is 2.12. The third-order valence-corrected chi connectivity index (χ3v) is 4.03. The van der Waals surface area contributed by atoms with Gasteiger partial charge < -0.3 is 24.6 Å². The van der Waals surface area contributed by atoms with Gasteiger partial charge in [-0.3, -0.25) is 4.79 Å². The molecule has 2 rings (SSSR count). The molecule has 0 fully saturated rings. The lowest BCUT2D eigenvalue weighted by Gasteiger charge is -2.13. The molecule has 0 aromatic heterocycles. The Kier molecular flexibility index (Phi) is 7.68. The van der Waals surface area contributed by atoms with Gasteiger partial charge in [0.15, 0.2) is 18.1 Å². The second kappa shape index (κ2) is 10.2. The summed E-state index contributed by atoms with van der Waals surface area (Å²) in [5.41, 5.74) is 2.53. The predicted octanol–water partition coefficient (Wildman–Crippen LogP) is 2.84. The van der Waals surface area contributed by atoms with Crippen LogP contribution in [0.4, 0.5) is 0 Å². The van der Waals surface area contributed by atoms with E-state index in [0.29, 0.717) is 30.9 Å². The van der Waals surface area contributed by atoms with Crippen LogP contribution in [0.5, 0.6) is 17.2 Å². The number of aryl methyl sites for hydroxylation is 1. The van der Waals surface area contributed by atoms with Gasteiger partial charge >= 0.3 is 5.97 Å². The van der Waals surface area contributed by atoms with Crippen molar-refractivity contribution < 1.29 is 28.9 Å². The van der Waals surface area contributed by atoms with Crippen LogP contribution in [-0.4, -0.2) is 43.9 Å². The summed E-state index contributed by atoms with van der Waals surface area (Å²) < 4.78 is 16.0. The molecule has 7 heteroatoms. The molecule has 0 aliphatic rings. The molecule has 0 heterocycles. The number of carboxylic acid groups (broad SMARTS) is 1. The van der Waals surface area contributed by atoms with Gasteiger partial charge in [0.2, 0.25) is 0 Å². The van der Waals surface area contributed by atoms with Crippen LogP contribution < -0.4 is 19.5 Å². The zero-order valence-corrected chi connectivity index (χ0v) is 16.3. The molecule has 0 aliphatic heterocycles. The zero-order valence-electron chi connectivity index (χ0n) is 16.3. The average Bonchev–Trinajstić information content (AvgIpc) is 2.68. The highest BCUT2D eigenvalue weighted by atomic mass is 16.5. The standard InChI is InChI=1S/C21H25NO6/c1-4-27-19-12-16(7-8-17(19)28-13-20(23)24)21(25)22-10-9-15-6-5-14(2)18(11-15)26-3/h5-8,11-12H,4,9-10,13H2,1-3H3,(H,22,25)(H,23,24). The van der Waals surface area contributed by atoms with Crippen LogP contribution in [-0.2, 0) is 11.2 Å². The summed E-state index contributed by atoms with van der Waals surface area (Å²) >= 11 is 0. The first-order chi connectivity index (χ1) is 13.4. The quantitative estimate of drug-likeness (QED) is 0.651. The van der Waals surface area contributed by atoms with Gasteiger partial charge in [0.05, 0.1) is 13.7 Å². The second-order valence-corrected chi connectivity index (χ2v) is 6.09. The highest BCUT2D eigenvalue weighted by molar-refractivity contribution is 5.94. The third-order valence-electron chi connectivity index (χ3n) is 4.03. The summed E-state index contributed by atoms with van der Waals surface area (Å²) in [7, 11) is 1.63. The molecule has 28 heavy (non-hydrogen) atoms. The van der Waals surface area contributed by atoms with E-state index in [1.54, 1.807) is 26.2 Å². The average molecular weight is 387 g/mol. The molecule has 7 nitrogen and oxygen atoms in total. The molecule has 0 spiro atoms. The van der Waals surface area contributed by atoms with E-state index in [-0.39, 0.29) is 11.7 Å². The fraction of sp³-hybridized carbons (Fsp3) is 0.333. The van der Waals surface area contributed by atoms with Crippen molar-refractivity contribution in [3.8, 4) is 17.2 Å². The van der Waals surface area contributed by atoms with Crippen molar-refractivity contribution >= 4 is 11.9 Å². The van der Waals surface area contributed by atoms with Crippen LogP contribution in [0.25, 0.3) is 0 Å². The Hall–Kier alpha value is -3.22. The Morgan fingerprint density at radius 3 is 2.50 bits per heavy atom. The molecular weight excluding hydrogens is 362 g/mol.